The predicted molar refractivity (Wildman–Crippen MR) is 123 cm³/mol. The topological polar surface area (TPSA) is 104 Å². The van der Waals surface area contributed by atoms with Crippen LogP contribution < -0.4 is 9.80 Å². The highest BCUT2D eigenvalue weighted by molar-refractivity contribution is 6.26. The molecule has 6 rings (SSSR count). The Hall–Kier alpha value is -3.59. The van der Waals surface area contributed by atoms with Crippen LogP contribution >= 0.6 is 0 Å². The lowest BCUT2D eigenvalue weighted by atomic mass is 9.75. The molecule has 0 aromatic heterocycles. The number of carbonyl (C=O) groups excluding carboxylic acids is 3. The Labute approximate surface area is 196 Å². The molecular weight excluding hydrogens is 436 g/mol. The molecule has 0 N–H and O–H groups in total. The number of nitro groups is 1. The van der Waals surface area contributed by atoms with E-state index in [2.05, 4.69) is 4.90 Å². The number of hydrogen-bond acceptors (Lipinski definition) is 6. The number of imide groups is 1. The van der Waals surface area contributed by atoms with E-state index < -0.39 is 28.2 Å². The van der Waals surface area contributed by atoms with Gasteiger partial charge in [-0.1, -0.05) is 24.3 Å². The van der Waals surface area contributed by atoms with Crippen LogP contribution in [0.1, 0.15) is 30.9 Å². The third-order valence-corrected chi connectivity index (χ3v) is 8.18. The smallest absolute Gasteiger partial charge is 0.274 e. The number of amides is 3. The molecule has 174 valence electrons. The van der Waals surface area contributed by atoms with E-state index in [0.29, 0.717) is 13.1 Å². The van der Waals surface area contributed by atoms with Crippen molar-refractivity contribution >= 4 is 34.8 Å². The van der Waals surface area contributed by atoms with Gasteiger partial charge in [-0.15, -0.1) is 0 Å². The molecule has 2 aromatic carbocycles. The molecule has 9 heteroatoms. The van der Waals surface area contributed by atoms with Gasteiger partial charge in [-0.2, -0.15) is 0 Å². The Morgan fingerprint density at radius 3 is 2.53 bits per heavy atom. The van der Waals surface area contributed by atoms with Gasteiger partial charge in [0.05, 0.1) is 28.0 Å². The summed E-state index contributed by atoms with van der Waals surface area (Å²) in [5.74, 6) is -2.51. The molecule has 9 nitrogen and oxygen atoms in total. The molecule has 3 amide bonds. The number of likely N-dealkylation sites (N-methyl/N-ethyl adjacent to an activating group) is 1. The summed E-state index contributed by atoms with van der Waals surface area (Å²) in [6, 6.07) is 11.7. The molecule has 3 fully saturated rings. The number of para-hydroxylation sites is 1. The van der Waals surface area contributed by atoms with E-state index in [0.717, 1.165) is 29.0 Å². The number of nitro benzene ring substituents is 1. The van der Waals surface area contributed by atoms with E-state index in [1.54, 1.807) is 17.9 Å². The fourth-order valence-corrected chi connectivity index (χ4v) is 6.94. The molecule has 1 spiro atoms. The van der Waals surface area contributed by atoms with Gasteiger partial charge in [0.15, 0.2) is 0 Å². The second-order valence-electron chi connectivity index (χ2n) is 9.43. The average Bonchev–Trinajstić information content (AvgIpc) is 3.52. The number of fused-ring (bicyclic) bond motifs is 7. The Bertz CT molecular complexity index is 1290. The summed E-state index contributed by atoms with van der Waals surface area (Å²) >= 11 is 0. The van der Waals surface area contributed by atoms with Crippen molar-refractivity contribution in [1.82, 2.24) is 4.90 Å². The zero-order chi connectivity index (χ0) is 23.9. The monoisotopic (exact) mass is 460 g/mol. The maximum atomic E-state index is 14.1. The molecule has 34 heavy (non-hydrogen) atoms. The summed E-state index contributed by atoms with van der Waals surface area (Å²) in [4.78, 5) is 58.0. The van der Waals surface area contributed by atoms with Gasteiger partial charge in [-0.25, -0.2) is 4.90 Å². The van der Waals surface area contributed by atoms with Crippen molar-refractivity contribution in [2.24, 2.45) is 11.8 Å². The summed E-state index contributed by atoms with van der Waals surface area (Å²) < 4.78 is 0. The Kier molecular flexibility index (Phi) is 4.29. The molecule has 0 aliphatic carbocycles. The van der Waals surface area contributed by atoms with E-state index in [-0.39, 0.29) is 34.8 Å². The summed E-state index contributed by atoms with van der Waals surface area (Å²) in [6.45, 7) is 4.56. The van der Waals surface area contributed by atoms with Crippen molar-refractivity contribution < 1.29 is 19.3 Å². The number of carbonyl (C=O) groups is 3. The zero-order valence-corrected chi connectivity index (χ0v) is 18.9. The fourth-order valence-electron chi connectivity index (χ4n) is 6.94. The highest BCUT2D eigenvalue weighted by Gasteiger charge is 2.75. The molecule has 0 saturated carbocycles. The quantitative estimate of drug-likeness (QED) is 0.396. The van der Waals surface area contributed by atoms with Crippen LogP contribution in [0.3, 0.4) is 0 Å². The Morgan fingerprint density at radius 2 is 1.79 bits per heavy atom. The first-order valence-corrected chi connectivity index (χ1v) is 11.7. The minimum Gasteiger partial charge on any atom is -0.310 e. The molecule has 3 saturated heterocycles. The molecule has 0 radical (unpaired) electrons. The first-order chi connectivity index (χ1) is 16.4. The Morgan fingerprint density at radius 1 is 1.06 bits per heavy atom. The molecule has 4 aliphatic rings. The van der Waals surface area contributed by atoms with Gasteiger partial charge >= 0.3 is 0 Å². The van der Waals surface area contributed by atoms with Crippen molar-refractivity contribution in [2.45, 2.75) is 38.3 Å². The summed E-state index contributed by atoms with van der Waals surface area (Å²) in [5.41, 5.74) is 0.678. The highest BCUT2D eigenvalue weighted by atomic mass is 16.6. The van der Waals surface area contributed by atoms with Crippen LogP contribution in [-0.2, 0) is 19.9 Å². The van der Waals surface area contributed by atoms with E-state index in [1.807, 2.05) is 31.2 Å². The Balaban J connectivity index is 1.56. The highest BCUT2D eigenvalue weighted by Crippen LogP contribution is 2.62. The minimum atomic E-state index is -1.23. The first-order valence-electron chi connectivity index (χ1n) is 11.7. The van der Waals surface area contributed by atoms with Crippen molar-refractivity contribution in [2.75, 3.05) is 22.9 Å². The molecular formula is C25H24N4O5. The van der Waals surface area contributed by atoms with Crippen LogP contribution in [0.2, 0.25) is 0 Å². The standard InChI is InChI=1S/C25H24N4O5/c1-3-26-18-9-5-4-8-15(18)25(24(26)32)21-20(19-12-7-13-27(19)25)22(30)28(23(21)31)16-10-6-11-17(14(16)2)29(33)34/h4-6,8-11,19-21H,3,7,12-13H2,1-2H3/t19-,20-,21-,25-/m0/s1. The van der Waals surface area contributed by atoms with Crippen molar-refractivity contribution in [3.05, 3.63) is 63.7 Å². The molecule has 2 aromatic rings. The van der Waals surface area contributed by atoms with Gasteiger partial charge in [-0.3, -0.25) is 29.4 Å². The fraction of sp³-hybridized carbons (Fsp3) is 0.400. The SMILES string of the molecule is CCN1C(=O)[C@]2(c3ccccc31)[C@@H]1C(=O)N(c3cccc([N+](=O)[O-])c3C)C(=O)[C@H]1[C@@H]1CCCN12. The predicted octanol–water partition coefficient (Wildman–Crippen LogP) is 2.75. The van der Waals surface area contributed by atoms with Gasteiger partial charge in [0.25, 0.3) is 11.6 Å². The van der Waals surface area contributed by atoms with Gasteiger partial charge in [0, 0.05) is 29.9 Å². The molecule has 0 bridgehead atoms. The third-order valence-electron chi connectivity index (χ3n) is 8.18. The van der Waals surface area contributed by atoms with E-state index in [9.17, 15) is 24.5 Å². The first kappa shape index (κ1) is 21.0. The number of anilines is 2. The summed E-state index contributed by atoms with van der Waals surface area (Å²) in [7, 11) is 0. The third kappa shape index (κ3) is 2.25. The summed E-state index contributed by atoms with van der Waals surface area (Å²) in [6.07, 6.45) is 1.57. The number of nitrogens with zero attached hydrogens (tertiary/aromatic N) is 4. The maximum Gasteiger partial charge on any atom is 0.274 e. The second kappa shape index (κ2) is 6.96. The summed E-state index contributed by atoms with van der Waals surface area (Å²) in [5, 5.41) is 11.5. The number of hydrogen-bond donors (Lipinski definition) is 0. The number of rotatable bonds is 3. The molecule has 4 aliphatic heterocycles. The molecule has 0 unspecified atom stereocenters. The minimum absolute atomic E-state index is 0.146. The van der Waals surface area contributed by atoms with Crippen LogP contribution in [-0.4, -0.2) is 46.7 Å². The lowest BCUT2D eigenvalue weighted by Gasteiger charge is -2.37. The van der Waals surface area contributed by atoms with E-state index >= 15 is 0 Å². The number of benzene rings is 2. The van der Waals surface area contributed by atoms with Gasteiger partial charge in [0.2, 0.25) is 11.8 Å². The maximum absolute atomic E-state index is 14.1. The average molecular weight is 460 g/mol. The second-order valence-corrected chi connectivity index (χ2v) is 9.43. The van der Waals surface area contributed by atoms with Crippen LogP contribution in [0.25, 0.3) is 0 Å². The zero-order valence-electron chi connectivity index (χ0n) is 18.9. The largest absolute Gasteiger partial charge is 0.310 e. The lowest BCUT2D eigenvalue weighted by molar-refractivity contribution is -0.385. The van der Waals surface area contributed by atoms with Crippen LogP contribution in [0.4, 0.5) is 17.1 Å². The normalized spacial score (nSPS) is 29.8. The van der Waals surface area contributed by atoms with Crippen molar-refractivity contribution in [1.29, 1.82) is 0 Å². The van der Waals surface area contributed by atoms with Crippen LogP contribution in [0.5, 0.6) is 0 Å². The molecule has 4 atom stereocenters. The van der Waals surface area contributed by atoms with E-state index in [4.69, 9.17) is 0 Å². The van der Waals surface area contributed by atoms with Gasteiger partial charge in [-0.05, 0) is 45.4 Å². The van der Waals surface area contributed by atoms with Gasteiger partial charge < -0.3 is 4.90 Å². The van der Waals surface area contributed by atoms with Crippen LogP contribution in [0.15, 0.2) is 42.5 Å². The van der Waals surface area contributed by atoms with Crippen molar-refractivity contribution in [3.8, 4) is 0 Å². The lowest BCUT2D eigenvalue weighted by Crippen LogP contribution is -2.56. The van der Waals surface area contributed by atoms with Gasteiger partial charge in [0.1, 0.15) is 5.54 Å². The van der Waals surface area contributed by atoms with E-state index in [1.165, 1.54) is 12.1 Å². The van der Waals surface area contributed by atoms with Crippen molar-refractivity contribution in [3.63, 3.8) is 0 Å². The molecule has 4 heterocycles. The van der Waals surface area contributed by atoms with Crippen LogP contribution in [0, 0.1) is 28.9 Å².